The van der Waals surface area contributed by atoms with Crippen molar-refractivity contribution in [3.05, 3.63) is 22.5 Å². The minimum Gasteiger partial charge on any atom is -0.506 e. The van der Waals surface area contributed by atoms with Gasteiger partial charge in [0.1, 0.15) is 5.75 Å². The Labute approximate surface area is 83.1 Å². The lowest BCUT2D eigenvalue weighted by atomic mass is 10.2. The highest BCUT2D eigenvalue weighted by atomic mass is 35.5. The fourth-order valence-corrected chi connectivity index (χ4v) is 1.40. The summed E-state index contributed by atoms with van der Waals surface area (Å²) in [6.07, 6.45) is -1.93. The molecule has 0 unspecified atom stereocenters. The van der Waals surface area contributed by atoms with Crippen LogP contribution in [0.25, 0.3) is 0 Å². The molecule has 13 heavy (non-hydrogen) atoms. The third kappa shape index (κ3) is 2.00. The van der Waals surface area contributed by atoms with Gasteiger partial charge in [0.05, 0.1) is 28.4 Å². The zero-order valence-corrected chi connectivity index (χ0v) is 7.78. The molecule has 0 fully saturated rings. The number of nitrogens with zero attached hydrogens (tertiary/aromatic N) is 1. The highest BCUT2D eigenvalue weighted by molar-refractivity contribution is 6.33. The fourth-order valence-electron chi connectivity index (χ4n) is 0.834. The topological polar surface area (TPSA) is 33.1 Å². The van der Waals surface area contributed by atoms with Gasteiger partial charge < -0.3 is 5.11 Å². The molecule has 1 heterocycles. The van der Waals surface area contributed by atoms with Crippen LogP contribution in [0.1, 0.15) is 17.7 Å². The Morgan fingerprint density at radius 1 is 1.54 bits per heavy atom. The van der Waals surface area contributed by atoms with E-state index in [9.17, 15) is 8.78 Å². The molecule has 1 rings (SSSR count). The standard InChI is InChI=1S/C7H5Cl2F2NO/c8-1-3-6(9)5(7(10)11)4(13)2-12-3/h2,7,13H,1H2. The first-order valence-electron chi connectivity index (χ1n) is 3.28. The summed E-state index contributed by atoms with van der Waals surface area (Å²) in [4.78, 5) is 3.59. The molecule has 0 spiro atoms. The summed E-state index contributed by atoms with van der Waals surface area (Å²) in [6.45, 7) is 0. The lowest BCUT2D eigenvalue weighted by Gasteiger charge is -2.07. The molecule has 0 saturated carbocycles. The van der Waals surface area contributed by atoms with Crippen LogP contribution in [0, 0.1) is 0 Å². The zero-order valence-electron chi connectivity index (χ0n) is 6.27. The maximum absolute atomic E-state index is 12.3. The first-order chi connectivity index (χ1) is 6.07. The Bertz CT molecular complexity index is 320. The largest absolute Gasteiger partial charge is 0.506 e. The summed E-state index contributed by atoms with van der Waals surface area (Å²) in [5.41, 5.74) is -0.483. The smallest absolute Gasteiger partial charge is 0.268 e. The molecule has 1 N–H and O–H groups in total. The van der Waals surface area contributed by atoms with Crippen LogP contribution in [-0.2, 0) is 5.88 Å². The first-order valence-corrected chi connectivity index (χ1v) is 4.19. The lowest BCUT2D eigenvalue weighted by molar-refractivity contribution is 0.147. The van der Waals surface area contributed by atoms with Gasteiger partial charge in [-0.2, -0.15) is 0 Å². The van der Waals surface area contributed by atoms with Gasteiger partial charge in [0.25, 0.3) is 6.43 Å². The Morgan fingerprint density at radius 3 is 2.62 bits per heavy atom. The maximum atomic E-state index is 12.3. The van der Waals surface area contributed by atoms with E-state index in [1.54, 1.807) is 0 Å². The van der Waals surface area contributed by atoms with Crippen LogP contribution in [0.15, 0.2) is 6.20 Å². The van der Waals surface area contributed by atoms with E-state index in [1.165, 1.54) is 0 Å². The van der Waals surface area contributed by atoms with Crippen molar-refractivity contribution in [3.8, 4) is 5.75 Å². The van der Waals surface area contributed by atoms with Crippen LogP contribution in [0.3, 0.4) is 0 Å². The lowest BCUT2D eigenvalue weighted by Crippen LogP contribution is -1.94. The highest BCUT2D eigenvalue weighted by Crippen LogP contribution is 2.35. The molecule has 2 nitrogen and oxygen atoms in total. The van der Waals surface area contributed by atoms with Gasteiger partial charge in [-0.05, 0) is 0 Å². The van der Waals surface area contributed by atoms with Crippen LogP contribution in [-0.4, -0.2) is 10.1 Å². The van der Waals surface area contributed by atoms with Gasteiger partial charge in [-0.25, -0.2) is 8.78 Å². The monoisotopic (exact) mass is 227 g/mol. The molecule has 0 aromatic carbocycles. The van der Waals surface area contributed by atoms with Crippen LogP contribution in [0.2, 0.25) is 5.02 Å². The van der Waals surface area contributed by atoms with Crippen LogP contribution < -0.4 is 0 Å². The summed E-state index contributed by atoms with van der Waals surface area (Å²) in [7, 11) is 0. The zero-order chi connectivity index (χ0) is 10.0. The molecule has 0 amide bonds. The summed E-state index contributed by atoms with van der Waals surface area (Å²) in [5, 5.41) is 8.74. The molecule has 0 bridgehead atoms. The van der Waals surface area contributed by atoms with Crippen LogP contribution >= 0.6 is 23.2 Å². The normalized spacial score (nSPS) is 10.8. The van der Waals surface area contributed by atoms with Gasteiger partial charge in [-0.15, -0.1) is 11.6 Å². The number of rotatable bonds is 2. The van der Waals surface area contributed by atoms with Gasteiger partial charge in [0, 0.05) is 0 Å². The predicted molar refractivity (Wildman–Crippen MR) is 45.4 cm³/mol. The maximum Gasteiger partial charge on any atom is 0.268 e. The molecule has 0 saturated heterocycles. The molecule has 72 valence electrons. The third-order valence-corrected chi connectivity index (χ3v) is 2.13. The highest BCUT2D eigenvalue weighted by Gasteiger charge is 2.20. The summed E-state index contributed by atoms with van der Waals surface area (Å²) in [6, 6.07) is 0. The van der Waals surface area contributed by atoms with Crippen molar-refractivity contribution in [1.82, 2.24) is 4.98 Å². The van der Waals surface area contributed by atoms with Crippen molar-refractivity contribution >= 4 is 23.2 Å². The van der Waals surface area contributed by atoms with Crippen LogP contribution in [0.5, 0.6) is 5.75 Å². The quantitative estimate of drug-likeness (QED) is 0.788. The SMILES string of the molecule is Oc1cnc(CCl)c(Cl)c1C(F)F. The van der Waals surface area contributed by atoms with Crippen molar-refractivity contribution in [2.45, 2.75) is 12.3 Å². The molecule has 0 aliphatic carbocycles. The third-order valence-electron chi connectivity index (χ3n) is 1.45. The first kappa shape index (κ1) is 10.5. The predicted octanol–water partition coefficient (Wildman–Crippen LogP) is 3.12. The molecule has 6 heteroatoms. The van der Waals surface area contributed by atoms with E-state index in [2.05, 4.69) is 4.98 Å². The van der Waals surface area contributed by atoms with E-state index < -0.39 is 17.7 Å². The van der Waals surface area contributed by atoms with E-state index in [4.69, 9.17) is 28.3 Å². The second-order valence-corrected chi connectivity index (χ2v) is 2.90. The Hall–Kier alpha value is -0.610. The fraction of sp³-hybridized carbons (Fsp3) is 0.286. The number of pyridine rings is 1. The second-order valence-electron chi connectivity index (χ2n) is 2.25. The van der Waals surface area contributed by atoms with E-state index in [1.807, 2.05) is 0 Å². The number of aromatic nitrogens is 1. The summed E-state index contributed by atoms with van der Waals surface area (Å²) >= 11 is 10.9. The number of alkyl halides is 3. The molecule has 0 radical (unpaired) electrons. The molecule has 1 aromatic heterocycles. The molecule has 0 aliphatic rings. The van der Waals surface area contributed by atoms with Crippen molar-refractivity contribution in [2.24, 2.45) is 0 Å². The molecular weight excluding hydrogens is 223 g/mol. The van der Waals surface area contributed by atoms with Gasteiger partial charge in [-0.3, -0.25) is 4.98 Å². The van der Waals surface area contributed by atoms with Crippen molar-refractivity contribution in [1.29, 1.82) is 0 Å². The van der Waals surface area contributed by atoms with Gasteiger partial charge in [0.2, 0.25) is 0 Å². The second kappa shape index (κ2) is 4.07. The van der Waals surface area contributed by atoms with Crippen molar-refractivity contribution in [2.75, 3.05) is 0 Å². The molecule has 0 atom stereocenters. The van der Waals surface area contributed by atoms with Gasteiger partial charge in [-0.1, -0.05) is 11.6 Å². The summed E-state index contributed by atoms with van der Waals surface area (Å²) < 4.78 is 24.6. The van der Waals surface area contributed by atoms with E-state index in [0.29, 0.717) is 0 Å². The van der Waals surface area contributed by atoms with Gasteiger partial charge in [0.15, 0.2) is 0 Å². The van der Waals surface area contributed by atoms with Crippen molar-refractivity contribution in [3.63, 3.8) is 0 Å². The molecule has 1 aromatic rings. The van der Waals surface area contributed by atoms with E-state index >= 15 is 0 Å². The average Bonchev–Trinajstić information content (AvgIpc) is 2.04. The van der Waals surface area contributed by atoms with Crippen LogP contribution in [0.4, 0.5) is 8.78 Å². The number of hydrogen-bond acceptors (Lipinski definition) is 2. The molecule has 0 aliphatic heterocycles. The minimum atomic E-state index is -2.84. The number of halogens is 4. The number of aromatic hydroxyl groups is 1. The molecular formula is C7H5Cl2F2NO. The number of hydrogen-bond donors (Lipinski definition) is 1. The van der Waals surface area contributed by atoms with Crippen molar-refractivity contribution < 1.29 is 13.9 Å². The van der Waals surface area contributed by atoms with Gasteiger partial charge >= 0.3 is 0 Å². The Kier molecular flexibility index (Phi) is 3.27. The van der Waals surface area contributed by atoms with E-state index in [0.717, 1.165) is 6.20 Å². The Balaban J connectivity index is 3.30. The summed E-state index contributed by atoms with van der Waals surface area (Å²) in [5.74, 6) is -0.687. The van der Waals surface area contributed by atoms with E-state index in [-0.39, 0.29) is 16.6 Å². The minimum absolute atomic E-state index is 0.0706. The Morgan fingerprint density at radius 2 is 2.15 bits per heavy atom. The average molecular weight is 228 g/mol.